The summed E-state index contributed by atoms with van der Waals surface area (Å²) in [6.45, 7) is 1.23. The number of hydrogen-bond acceptors (Lipinski definition) is 4. The van der Waals surface area contributed by atoms with Gasteiger partial charge in [0.05, 0.1) is 6.61 Å². The second-order valence-corrected chi connectivity index (χ2v) is 6.93. The molecule has 0 amide bonds. The van der Waals surface area contributed by atoms with E-state index in [1.807, 2.05) is 12.3 Å². The molecule has 21 heavy (non-hydrogen) atoms. The first-order valence-corrected chi connectivity index (χ1v) is 8.38. The van der Waals surface area contributed by atoms with Crippen molar-refractivity contribution in [1.82, 2.24) is 4.72 Å². The summed E-state index contributed by atoms with van der Waals surface area (Å²) >= 11 is 1.42. The van der Waals surface area contributed by atoms with Gasteiger partial charge in [-0.15, -0.1) is 0 Å². The average molecular weight is 333 g/mol. The Morgan fingerprint density at radius 1 is 1.29 bits per heavy atom. The molecule has 2 aromatic rings. The fraction of sp³-hybridized carbons (Fsp3) is 0.231. The van der Waals surface area contributed by atoms with E-state index in [0.717, 1.165) is 23.3 Å². The van der Waals surface area contributed by atoms with Gasteiger partial charge in [-0.25, -0.2) is 21.9 Å². The third-order valence-corrected chi connectivity index (χ3v) is 5.25. The van der Waals surface area contributed by atoms with Crippen molar-refractivity contribution in [1.29, 1.82) is 0 Å². The molecule has 0 atom stereocenters. The van der Waals surface area contributed by atoms with Gasteiger partial charge < -0.3 is 5.11 Å². The van der Waals surface area contributed by atoms with Crippen molar-refractivity contribution in [3.05, 3.63) is 51.2 Å². The van der Waals surface area contributed by atoms with Crippen molar-refractivity contribution in [2.24, 2.45) is 0 Å². The molecule has 8 heteroatoms. The van der Waals surface area contributed by atoms with E-state index in [9.17, 15) is 17.2 Å². The molecule has 1 aromatic carbocycles. The summed E-state index contributed by atoms with van der Waals surface area (Å²) in [6.07, 6.45) is 0. The first-order valence-electron chi connectivity index (χ1n) is 5.95. The maximum absolute atomic E-state index is 13.7. The van der Waals surface area contributed by atoms with E-state index in [0.29, 0.717) is 0 Å². The number of halogens is 2. The zero-order chi connectivity index (χ0) is 15.6. The number of hydrogen-bond donors (Lipinski definition) is 2. The molecule has 0 spiro atoms. The van der Waals surface area contributed by atoms with Crippen molar-refractivity contribution in [3.8, 4) is 0 Å². The van der Waals surface area contributed by atoms with Crippen LogP contribution in [0.5, 0.6) is 0 Å². The Hall–Kier alpha value is -1.35. The third-order valence-electron chi connectivity index (χ3n) is 2.94. The monoisotopic (exact) mass is 333 g/mol. The lowest BCUT2D eigenvalue weighted by Crippen LogP contribution is -2.25. The minimum Gasteiger partial charge on any atom is -0.392 e. The van der Waals surface area contributed by atoms with Gasteiger partial charge in [-0.1, -0.05) is 0 Å². The van der Waals surface area contributed by atoms with Gasteiger partial charge in [-0.05, 0) is 46.5 Å². The van der Waals surface area contributed by atoms with Crippen molar-refractivity contribution in [3.63, 3.8) is 0 Å². The van der Waals surface area contributed by atoms with Gasteiger partial charge in [0.2, 0.25) is 10.0 Å². The minimum absolute atomic E-state index is 0.0118. The number of thiophene rings is 1. The van der Waals surface area contributed by atoms with Crippen LogP contribution in [-0.4, -0.2) is 13.5 Å². The normalized spacial score (nSPS) is 11.8. The van der Waals surface area contributed by atoms with Crippen LogP contribution >= 0.6 is 11.3 Å². The summed E-state index contributed by atoms with van der Waals surface area (Å²) < 4.78 is 53.4. The second-order valence-electron chi connectivity index (χ2n) is 4.45. The summed E-state index contributed by atoms with van der Waals surface area (Å²) in [6, 6.07) is 1.68. The third kappa shape index (κ3) is 3.46. The minimum atomic E-state index is -4.21. The zero-order valence-electron chi connectivity index (χ0n) is 11.1. The highest BCUT2D eigenvalue weighted by molar-refractivity contribution is 7.89. The van der Waals surface area contributed by atoms with Crippen LogP contribution in [0.2, 0.25) is 0 Å². The maximum atomic E-state index is 13.7. The number of aliphatic hydroxyl groups is 1. The maximum Gasteiger partial charge on any atom is 0.243 e. The summed E-state index contributed by atoms with van der Waals surface area (Å²) in [4.78, 5) is -0.806. The highest BCUT2D eigenvalue weighted by atomic mass is 32.2. The van der Waals surface area contributed by atoms with Crippen molar-refractivity contribution in [2.45, 2.75) is 25.0 Å². The fourth-order valence-electron chi connectivity index (χ4n) is 1.72. The predicted molar refractivity (Wildman–Crippen MR) is 75.4 cm³/mol. The first kappa shape index (κ1) is 16.0. The van der Waals surface area contributed by atoms with E-state index in [4.69, 9.17) is 5.11 Å². The Labute approximate surface area is 125 Å². The standard InChI is InChI=1S/C13H13F2NO3S2/c1-8-6-20-7-10(8)4-16-21(18,19)12-3-9(5-17)2-11(14)13(12)15/h2-3,6-7,16-17H,4-5H2,1H3. The van der Waals surface area contributed by atoms with Crippen LogP contribution < -0.4 is 4.72 Å². The number of aryl methyl sites for hydroxylation is 1. The van der Waals surface area contributed by atoms with Crippen LogP contribution in [0, 0.1) is 18.6 Å². The SMILES string of the molecule is Cc1cscc1CNS(=O)(=O)c1cc(CO)cc(F)c1F. The molecule has 2 rings (SSSR count). The van der Waals surface area contributed by atoms with E-state index in [1.165, 1.54) is 11.3 Å². The van der Waals surface area contributed by atoms with Crippen LogP contribution in [-0.2, 0) is 23.2 Å². The number of benzene rings is 1. The van der Waals surface area contributed by atoms with Crippen molar-refractivity contribution < 1.29 is 22.3 Å². The highest BCUT2D eigenvalue weighted by Crippen LogP contribution is 2.21. The molecule has 0 unspecified atom stereocenters. The van der Waals surface area contributed by atoms with E-state index < -0.39 is 33.2 Å². The van der Waals surface area contributed by atoms with Crippen molar-refractivity contribution >= 4 is 21.4 Å². The Bertz CT molecular complexity index is 757. The number of sulfonamides is 1. The number of nitrogens with one attached hydrogen (secondary N) is 1. The molecule has 114 valence electrons. The Morgan fingerprint density at radius 2 is 2.00 bits per heavy atom. The summed E-state index contributed by atoms with van der Waals surface area (Å²) in [5.41, 5.74) is 1.67. The molecule has 1 aromatic heterocycles. The summed E-state index contributed by atoms with van der Waals surface area (Å²) in [5, 5.41) is 12.6. The highest BCUT2D eigenvalue weighted by Gasteiger charge is 2.23. The molecule has 0 aliphatic carbocycles. The van der Waals surface area contributed by atoms with E-state index >= 15 is 0 Å². The molecule has 1 heterocycles. The van der Waals surface area contributed by atoms with Gasteiger partial charge in [0.15, 0.2) is 11.6 Å². The van der Waals surface area contributed by atoms with Gasteiger partial charge in [0, 0.05) is 6.54 Å². The van der Waals surface area contributed by atoms with Gasteiger partial charge >= 0.3 is 0 Å². The van der Waals surface area contributed by atoms with Gasteiger partial charge in [0.1, 0.15) is 4.90 Å². The van der Waals surface area contributed by atoms with Crippen LogP contribution in [0.25, 0.3) is 0 Å². The van der Waals surface area contributed by atoms with Gasteiger partial charge in [0.25, 0.3) is 0 Å². The molecule has 4 nitrogen and oxygen atoms in total. The van der Waals surface area contributed by atoms with Crippen LogP contribution in [0.3, 0.4) is 0 Å². The van der Waals surface area contributed by atoms with Crippen LogP contribution in [0.15, 0.2) is 27.8 Å². The lowest BCUT2D eigenvalue weighted by Gasteiger charge is -2.09. The van der Waals surface area contributed by atoms with Crippen LogP contribution in [0.1, 0.15) is 16.7 Å². The lowest BCUT2D eigenvalue weighted by atomic mass is 10.2. The molecule has 0 saturated heterocycles. The molecular formula is C13H13F2NO3S2. The molecule has 0 radical (unpaired) electrons. The van der Waals surface area contributed by atoms with Crippen molar-refractivity contribution in [2.75, 3.05) is 0 Å². The zero-order valence-corrected chi connectivity index (χ0v) is 12.7. The van der Waals surface area contributed by atoms with Gasteiger partial charge in [-0.2, -0.15) is 11.3 Å². The molecule has 2 N–H and O–H groups in total. The Balaban J connectivity index is 2.31. The molecule has 0 saturated carbocycles. The fourth-order valence-corrected chi connectivity index (χ4v) is 3.72. The van der Waals surface area contributed by atoms with Crippen LogP contribution in [0.4, 0.5) is 8.78 Å². The van der Waals surface area contributed by atoms with E-state index in [2.05, 4.69) is 4.72 Å². The quantitative estimate of drug-likeness (QED) is 0.882. The smallest absolute Gasteiger partial charge is 0.243 e. The van der Waals surface area contributed by atoms with Gasteiger partial charge in [-0.3, -0.25) is 0 Å². The molecule has 0 aliphatic heterocycles. The first-order chi connectivity index (χ1) is 9.85. The second kappa shape index (κ2) is 6.18. The van der Waals surface area contributed by atoms with E-state index in [1.54, 1.807) is 5.38 Å². The summed E-state index contributed by atoms with van der Waals surface area (Å²) in [7, 11) is -4.21. The van der Waals surface area contributed by atoms with E-state index in [-0.39, 0.29) is 12.1 Å². The Morgan fingerprint density at radius 3 is 2.57 bits per heavy atom. The summed E-state index contributed by atoms with van der Waals surface area (Å²) in [5.74, 6) is -2.77. The topological polar surface area (TPSA) is 66.4 Å². The Kier molecular flexibility index (Phi) is 4.72. The molecular weight excluding hydrogens is 320 g/mol. The molecule has 0 fully saturated rings. The largest absolute Gasteiger partial charge is 0.392 e. The molecule has 0 bridgehead atoms. The lowest BCUT2D eigenvalue weighted by molar-refractivity contribution is 0.280. The predicted octanol–water partition coefficient (Wildman–Crippen LogP) is 2.31. The average Bonchev–Trinajstić information content (AvgIpc) is 2.84. The molecule has 0 aliphatic rings. The number of aliphatic hydroxyl groups excluding tert-OH is 1. The number of rotatable bonds is 5.